The molecule has 0 saturated heterocycles. The van der Waals surface area contributed by atoms with Crippen molar-refractivity contribution in [1.82, 2.24) is 4.90 Å². The number of anilines is 1. The highest BCUT2D eigenvalue weighted by Crippen LogP contribution is 2.13. The molecule has 2 nitrogen and oxygen atoms in total. The molecule has 0 aliphatic carbocycles. The van der Waals surface area contributed by atoms with Crippen molar-refractivity contribution in [2.24, 2.45) is 0 Å². The summed E-state index contributed by atoms with van der Waals surface area (Å²) in [6.07, 6.45) is 1.07. The van der Waals surface area contributed by atoms with Crippen molar-refractivity contribution in [3.8, 4) is 0 Å². The van der Waals surface area contributed by atoms with Crippen molar-refractivity contribution >= 4 is 21.6 Å². The number of likely N-dealkylation sites (N-methyl/N-ethyl adjacent to an activating group) is 1. The molecule has 0 radical (unpaired) electrons. The fraction of sp³-hybridized carbons (Fsp3) is 0.294. The minimum absolute atomic E-state index is 0.984. The molecular formula is C17H21BrN2. The van der Waals surface area contributed by atoms with E-state index >= 15 is 0 Å². The largest absolute Gasteiger partial charge is 0.388 e. The summed E-state index contributed by atoms with van der Waals surface area (Å²) < 4.78 is 1.15. The van der Waals surface area contributed by atoms with E-state index in [2.05, 4.69) is 81.7 Å². The first-order valence-corrected chi connectivity index (χ1v) is 7.66. The number of hydrogen-bond acceptors (Lipinski definition) is 2. The lowest BCUT2D eigenvalue weighted by Crippen LogP contribution is -2.20. The Bertz CT molecular complexity index is 537. The summed E-state index contributed by atoms with van der Waals surface area (Å²) in [4.78, 5) is 2.36. The van der Waals surface area contributed by atoms with Crippen LogP contribution >= 0.6 is 15.9 Å². The minimum Gasteiger partial charge on any atom is -0.388 e. The Labute approximate surface area is 129 Å². The van der Waals surface area contributed by atoms with Crippen molar-refractivity contribution in [2.45, 2.75) is 13.0 Å². The topological polar surface area (TPSA) is 15.3 Å². The zero-order chi connectivity index (χ0) is 14.4. The molecule has 2 rings (SSSR count). The Morgan fingerprint density at radius 3 is 2.45 bits per heavy atom. The Morgan fingerprint density at radius 1 is 1.05 bits per heavy atom. The highest BCUT2D eigenvalue weighted by Gasteiger charge is 2.02. The summed E-state index contributed by atoms with van der Waals surface area (Å²) in [6, 6.07) is 17.1. The van der Waals surface area contributed by atoms with Gasteiger partial charge in [-0.25, -0.2) is 0 Å². The van der Waals surface area contributed by atoms with Gasteiger partial charge in [0, 0.05) is 30.3 Å². The predicted octanol–water partition coefficient (Wildman–Crippen LogP) is 4.17. The Kier molecular flexibility index (Phi) is 5.62. The van der Waals surface area contributed by atoms with E-state index in [-0.39, 0.29) is 0 Å². The predicted molar refractivity (Wildman–Crippen MR) is 90.2 cm³/mol. The average Bonchev–Trinajstić information content (AvgIpc) is 2.46. The van der Waals surface area contributed by atoms with Crippen molar-refractivity contribution in [2.75, 3.05) is 26.0 Å². The first kappa shape index (κ1) is 15.1. The highest BCUT2D eigenvalue weighted by atomic mass is 79.9. The summed E-state index contributed by atoms with van der Waals surface area (Å²) in [6.45, 7) is 2.04. The molecule has 0 amide bonds. The lowest BCUT2D eigenvalue weighted by Gasteiger charge is -2.17. The van der Waals surface area contributed by atoms with Crippen LogP contribution in [0.25, 0.3) is 0 Å². The van der Waals surface area contributed by atoms with E-state index in [9.17, 15) is 0 Å². The van der Waals surface area contributed by atoms with Gasteiger partial charge >= 0.3 is 0 Å². The maximum atomic E-state index is 3.52. The van der Waals surface area contributed by atoms with E-state index in [1.54, 1.807) is 0 Å². The van der Waals surface area contributed by atoms with Gasteiger partial charge in [0.15, 0.2) is 0 Å². The SMILES string of the molecule is CNc1ccc(CN(C)CCc2cccc(Br)c2)cc1. The molecule has 1 N–H and O–H groups in total. The van der Waals surface area contributed by atoms with Crippen LogP contribution in [0.3, 0.4) is 0 Å². The van der Waals surface area contributed by atoms with Gasteiger partial charge in [-0.3, -0.25) is 0 Å². The van der Waals surface area contributed by atoms with E-state index in [1.807, 2.05) is 7.05 Å². The first-order valence-electron chi connectivity index (χ1n) is 6.87. The fourth-order valence-electron chi connectivity index (χ4n) is 2.18. The summed E-state index contributed by atoms with van der Waals surface area (Å²) in [5.41, 5.74) is 3.88. The van der Waals surface area contributed by atoms with Gasteiger partial charge in [-0.2, -0.15) is 0 Å². The third-order valence-corrected chi connectivity index (χ3v) is 3.86. The van der Waals surface area contributed by atoms with Gasteiger partial charge in [0.05, 0.1) is 0 Å². The van der Waals surface area contributed by atoms with Gasteiger partial charge in [-0.1, -0.05) is 40.2 Å². The molecule has 0 aliphatic rings. The molecule has 3 heteroatoms. The molecule has 0 aliphatic heterocycles. The Balaban J connectivity index is 1.84. The summed E-state index contributed by atoms with van der Waals surface area (Å²) in [7, 11) is 4.11. The molecule has 0 heterocycles. The second-order valence-corrected chi connectivity index (χ2v) is 5.98. The third-order valence-electron chi connectivity index (χ3n) is 3.37. The van der Waals surface area contributed by atoms with Crippen LogP contribution in [0.5, 0.6) is 0 Å². The average molecular weight is 333 g/mol. The Hall–Kier alpha value is -1.32. The van der Waals surface area contributed by atoms with Crippen LogP contribution in [-0.4, -0.2) is 25.5 Å². The molecule has 0 unspecified atom stereocenters. The monoisotopic (exact) mass is 332 g/mol. The third kappa shape index (κ3) is 4.66. The zero-order valence-corrected chi connectivity index (χ0v) is 13.7. The molecule has 2 aromatic carbocycles. The van der Waals surface area contributed by atoms with E-state index < -0.39 is 0 Å². The standard InChI is InChI=1S/C17H21BrN2/c1-19-17-8-6-15(7-9-17)13-20(2)11-10-14-4-3-5-16(18)12-14/h3-9,12,19H,10-11,13H2,1-2H3. The van der Waals surface area contributed by atoms with Crippen LogP contribution in [0.4, 0.5) is 5.69 Å². The smallest absolute Gasteiger partial charge is 0.0337 e. The summed E-state index contributed by atoms with van der Waals surface area (Å²) in [5, 5.41) is 3.14. The van der Waals surface area contributed by atoms with Gasteiger partial charge in [-0.05, 0) is 48.9 Å². The van der Waals surface area contributed by atoms with Crippen LogP contribution < -0.4 is 5.32 Å². The summed E-state index contributed by atoms with van der Waals surface area (Å²) >= 11 is 3.52. The van der Waals surface area contributed by atoms with Crippen LogP contribution in [0.15, 0.2) is 53.0 Å². The van der Waals surface area contributed by atoms with Gasteiger partial charge < -0.3 is 10.2 Å². The van der Waals surface area contributed by atoms with E-state index in [0.29, 0.717) is 0 Å². The van der Waals surface area contributed by atoms with Crippen molar-refractivity contribution < 1.29 is 0 Å². The second kappa shape index (κ2) is 7.46. The lowest BCUT2D eigenvalue weighted by molar-refractivity contribution is 0.331. The molecule has 0 aromatic heterocycles. The van der Waals surface area contributed by atoms with Gasteiger partial charge in [0.25, 0.3) is 0 Å². The number of halogens is 1. The van der Waals surface area contributed by atoms with E-state index in [0.717, 1.165) is 29.7 Å². The Morgan fingerprint density at radius 2 is 1.80 bits per heavy atom. The van der Waals surface area contributed by atoms with Crippen molar-refractivity contribution in [3.05, 3.63) is 64.1 Å². The van der Waals surface area contributed by atoms with Gasteiger partial charge in [0.2, 0.25) is 0 Å². The molecule has 2 aromatic rings. The quantitative estimate of drug-likeness (QED) is 0.854. The van der Waals surface area contributed by atoms with Gasteiger partial charge in [-0.15, -0.1) is 0 Å². The lowest BCUT2D eigenvalue weighted by atomic mass is 10.1. The minimum atomic E-state index is 0.984. The second-order valence-electron chi connectivity index (χ2n) is 5.06. The molecule has 0 atom stereocenters. The molecule has 0 saturated carbocycles. The highest BCUT2D eigenvalue weighted by molar-refractivity contribution is 9.10. The number of nitrogens with one attached hydrogen (secondary N) is 1. The van der Waals surface area contributed by atoms with Crippen LogP contribution in [0.1, 0.15) is 11.1 Å². The van der Waals surface area contributed by atoms with E-state index in [1.165, 1.54) is 11.1 Å². The molecule has 0 spiro atoms. The number of hydrogen-bond donors (Lipinski definition) is 1. The zero-order valence-electron chi connectivity index (χ0n) is 12.1. The number of nitrogens with zero attached hydrogens (tertiary/aromatic N) is 1. The van der Waals surface area contributed by atoms with Crippen molar-refractivity contribution in [1.29, 1.82) is 0 Å². The maximum absolute atomic E-state index is 3.52. The maximum Gasteiger partial charge on any atom is 0.0337 e. The normalized spacial score (nSPS) is 10.8. The van der Waals surface area contributed by atoms with Crippen LogP contribution in [0.2, 0.25) is 0 Å². The van der Waals surface area contributed by atoms with E-state index in [4.69, 9.17) is 0 Å². The summed E-state index contributed by atoms with van der Waals surface area (Å²) in [5.74, 6) is 0. The van der Waals surface area contributed by atoms with Crippen LogP contribution in [0, 0.1) is 0 Å². The number of benzene rings is 2. The number of rotatable bonds is 6. The molecule has 20 heavy (non-hydrogen) atoms. The van der Waals surface area contributed by atoms with Crippen LogP contribution in [-0.2, 0) is 13.0 Å². The molecule has 0 fully saturated rings. The molecule has 0 bridgehead atoms. The fourth-order valence-corrected chi connectivity index (χ4v) is 2.63. The first-order chi connectivity index (χ1) is 9.67. The molecule has 106 valence electrons. The molecular weight excluding hydrogens is 312 g/mol. The van der Waals surface area contributed by atoms with Crippen molar-refractivity contribution in [3.63, 3.8) is 0 Å². The van der Waals surface area contributed by atoms with Gasteiger partial charge in [0.1, 0.15) is 0 Å².